The highest BCUT2D eigenvalue weighted by atomic mass is 35.5. The largest absolute Gasteiger partial charge is 0.383 e. The molecule has 2 aromatic heterocycles. The minimum absolute atomic E-state index is 0. The lowest BCUT2D eigenvalue weighted by Crippen LogP contribution is -2.39. The molecule has 2 rings (SSSR count). The van der Waals surface area contributed by atoms with E-state index in [-0.39, 0.29) is 37.3 Å². The van der Waals surface area contributed by atoms with E-state index in [2.05, 4.69) is 15.4 Å². The molecule has 7 nitrogen and oxygen atoms in total. The average Bonchev–Trinajstić information content (AvgIpc) is 2.94. The Labute approximate surface area is 134 Å². The Bertz CT molecular complexity index is 533. The molecule has 3 N–H and O–H groups in total. The molecule has 116 valence electrons. The van der Waals surface area contributed by atoms with Gasteiger partial charge in [-0.05, 0) is 18.2 Å². The number of hydrogen-bond donors (Lipinski definition) is 2. The van der Waals surface area contributed by atoms with Crippen molar-refractivity contribution in [3.8, 4) is 5.82 Å². The van der Waals surface area contributed by atoms with Crippen LogP contribution >= 0.6 is 24.8 Å². The predicted molar refractivity (Wildman–Crippen MR) is 84.3 cm³/mol. The number of carbonyl (C=O) groups is 1. The summed E-state index contributed by atoms with van der Waals surface area (Å²) in [5.74, 6) is 0.361. The zero-order valence-electron chi connectivity index (χ0n) is 11.3. The number of pyridine rings is 1. The fourth-order valence-corrected chi connectivity index (χ4v) is 1.49. The van der Waals surface area contributed by atoms with Gasteiger partial charge in [0.2, 0.25) is 5.91 Å². The molecule has 2 heterocycles. The van der Waals surface area contributed by atoms with Gasteiger partial charge in [-0.3, -0.25) is 4.79 Å². The molecular formula is C12H17Cl2N5O2. The van der Waals surface area contributed by atoms with Crippen LogP contribution in [0.4, 0.5) is 5.69 Å². The fourth-order valence-electron chi connectivity index (χ4n) is 1.49. The summed E-state index contributed by atoms with van der Waals surface area (Å²) in [6.07, 6.45) is 5.00. The number of nitrogens with two attached hydrogens (primary N) is 1. The minimum Gasteiger partial charge on any atom is -0.383 e. The van der Waals surface area contributed by atoms with Crippen molar-refractivity contribution in [2.75, 3.05) is 19.0 Å². The van der Waals surface area contributed by atoms with Crippen molar-refractivity contribution in [1.82, 2.24) is 14.8 Å². The summed E-state index contributed by atoms with van der Waals surface area (Å²) < 4.78 is 6.44. The molecule has 0 aliphatic carbocycles. The van der Waals surface area contributed by atoms with Crippen molar-refractivity contribution in [3.05, 3.63) is 36.8 Å². The first kappa shape index (κ1) is 19.3. The monoisotopic (exact) mass is 333 g/mol. The van der Waals surface area contributed by atoms with Crippen LogP contribution < -0.4 is 11.1 Å². The lowest BCUT2D eigenvalue weighted by atomic mass is 10.3. The van der Waals surface area contributed by atoms with Crippen LogP contribution in [0.15, 0.2) is 36.8 Å². The number of hydrogen-bond acceptors (Lipinski definition) is 5. The van der Waals surface area contributed by atoms with Crippen LogP contribution in [0.2, 0.25) is 0 Å². The first-order chi connectivity index (χ1) is 9.20. The number of nitrogens with zero attached hydrogens (tertiary/aromatic N) is 3. The number of aromatic nitrogens is 3. The molecule has 0 radical (unpaired) electrons. The smallest absolute Gasteiger partial charge is 0.243 e. The molecule has 0 spiro atoms. The predicted octanol–water partition coefficient (Wildman–Crippen LogP) is 1.02. The molecule has 1 amide bonds. The molecule has 2 aromatic rings. The number of ether oxygens (including phenoxy) is 1. The average molecular weight is 334 g/mol. The van der Waals surface area contributed by atoms with Crippen molar-refractivity contribution >= 4 is 36.4 Å². The minimum atomic E-state index is -0.698. The van der Waals surface area contributed by atoms with E-state index in [1.54, 1.807) is 41.5 Å². The van der Waals surface area contributed by atoms with Crippen molar-refractivity contribution in [2.45, 2.75) is 6.04 Å². The quantitative estimate of drug-likeness (QED) is 0.851. The lowest BCUT2D eigenvalue weighted by molar-refractivity contribution is -0.118. The van der Waals surface area contributed by atoms with Gasteiger partial charge in [-0.1, -0.05) is 0 Å². The van der Waals surface area contributed by atoms with Gasteiger partial charge >= 0.3 is 0 Å². The zero-order valence-corrected chi connectivity index (χ0v) is 12.9. The van der Waals surface area contributed by atoms with Crippen molar-refractivity contribution in [3.63, 3.8) is 0 Å². The molecule has 0 aromatic carbocycles. The standard InChI is InChI=1S/C12H15N5O2.2ClH/c1-19-8-10(13)12(18)16-9-3-4-11(14-7-9)17-6-2-5-15-17;;/h2-7,10H,8,13H2,1H3,(H,16,18);2*1H. The summed E-state index contributed by atoms with van der Waals surface area (Å²) in [6.45, 7) is 0.171. The second kappa shape index (κ2) is 9.30. The van der Waals surface area contributed by atoms with Gasteiger partial charge in [0.15, 0.2) is 5.82 Å². The van der Waals surface area contributed by atoms with Crippen LogP contribution in [-0.2, 0) is 9.53 Å². The molecule has 0 fully saturated rings. The van der Waals surface area contributed by atoms with Gasteiger partial charge in [0, 0.05) is 19.5 Å². The van der Waals surface area contributed by atoms with E-state index in [0.717, 1.165) is 0 Å². The Hall–Kier alpha value is -1.67. The third-order valence-electron chi connectivity index (χ3n) is 2.44. The Balaban J connectivity index is 0.00000200. The maximum Gasteiger partial charge on any atom is 0.243 e. The summed E-state index contributed by atoms with van der Waals surface area (Å²) in [5, 5.41) is 6.72. The Morgan fingerprint density at radius 3 is 2.76 bits per heavy atom. The Kier molecular flexibility index (Phi) is 8.56. The summed E-state index contributed by atoms with van der Waals surface area (Å²) >= 11 is 0. The van der Waals surface area contributed by atoms with Crippen LogP contribution in [0.1, 0.15) is 0 Å². The van der Waals surface area contributed by atoms with E-state index in [9.17, 15) is 4.79 Å². The third-order valence-corrected chi connectivity index (χ3v) is 2.44. The second-order valence-corrected chi connectivity index (χ2v) is 3.91. The van der Waals surface area contributed by atoms with E-state index < -0.39 is 6.04 Å². The maximum atomic E-state index is 11.7. The third kappa shape index (κ3) is 5.31. The highest BCUT2D eigenvalue weighted by Gasteiger charge is 2.13. The topological polar surface area (TPSA) is 95.1 Å². The van der Waals surface area contributed by atoms with Gasteiger partial charge in [0.05, 0.1) is 18.5 Å². The van der Waals surface area contributed by atoms with Crippen LogP contribution in [-0.4, -0.2) is 40.4 Å². The summed E-state index contributed by atoms with van der Waals surface area (Å²) in [5.41, 5.74) is 6.19. The number of nitrogens with one attached hydrogen (secondary N) is 1. The SMILES string of the molecule is COCC(N)C(=O)Nc1ccc(-n2cccn2)nc1.Cl.Cl. The number of amides is 1. The van der Waals surface area contributed by atoms with Gasteiger partial charge in [0.25, 0.3) is 0 Å². The van der Waals surface area contributed by atoms with Gasteiger partial charge in [0.1, 0.15) is 6.04 Å². The van der Waals surface area contributed by atoms with Gasteiger partial charge in [-0.2, -0.15) is 5.10 Å². The number of methoxy groups -OCH3 is 1. The van der Waals surface area contributed by atoms with Gasteiger partial charge in [-0.15, -0.1) is 24.8 Å². The zero-order chi connectivity index (χ0) is 13.7. The van der Waals surface area contributed by atoms with Crippen molar-refractivity contribution in [2.24, 2.45) is 5.73 Å². The molecule has 0 aliphatic heterocycles. The normalized spacial score (nSPS) is 11.0. The Morgan fingerprint density at radius 2 is 2.24 bits per heavy atom. The first-order valence-corrected chi connectivity index (χ1v) is 5.72. The number of halogens is 2. The molecule has 0 bridgehead atoms. The molecule has 0 saturated carbocycles. The van der Waals surface area contributed by atoms with Crippen LogP contribution in [0, 0.1) is 0 Å². The second-order valence-electron chi connectivity index (χ2n) is 3.91. The highest BCUT2D eigenvalue weighted by Crippen LogP contribution is 2.09. The van der Waals surface area contributed by atoms with E-state index in [0.29, 0.717) is 11.5 Å². The van der Waals surface area contributed by atoms with E-state index in [1.165, 1.54) is 7.11 Å². The summed E-state index contributed by atoms with van der Waals surface area (Å²) in [4.78, 5) is 15.8. The summed E-state index contributed by atoms with van der Waals surface area (Å²) in [7, 11) is 1.49. The maximum absolute atomic E-state index is 11.7. The molecular weight excluding hydrogens is 317 g/mol. The molecule has 1 atom stereocenters. The lowest BCUT2D eigenvalue weighted by Gasteiger charge is -2.11. The van der Waals surface area contributed by atoms with E-state index >= 15 is 0 Å². The van der Waals surface area contributed by atoms with E-state index in [1.807, 2.05) is 0 Å². The van der Waals surface area contributed by atoms with Crippen molar-refractivity contribution in [1.29, 1.82) is 0 Å². The number of anilines is 1. The number of rotatable bonds is 5. The van der Waals surface area contributed by atoms with E-state index in [4.69, 9.17) is 10.5 Å². The van der Waals surface area contributed by atoms with Gasteiger partial charge < -0.3 is 15.8 Å². The number of carbonyl (C=O) groups excluding carboxylic acids is 1. The summed E-state index contributed by atoms with van der Waals surface area (Å²) in [6, 6.07) is 4.60. The van der Waals surface area contributed by atoms with Crippen LogP contribution in [0.3, 0.4) is 0 Å². The molecule has 9 heteroatoms. The highest BCUT2D eigenvalue weighted by molar-refractivity contribution is 5.94. The fraction of sp³-hybridized carbons (Fsp3) is 0.250. The molecule has 1 unspecified atom stereocenters. The van der Waals surface area contributed by atoms with Crippen LogP contribution in [0.25, 0.3) is 5.82 Å². The van der Waals surface area contributed by atoms with Gasteiger partial charge in [-0.25, -0.2) is 9.67 Å². The first-order valence-electron chi connectivity index (χ1n) is 5.72. The van der Waals surface area contributed by atoms with Crippen molar-refractivity contribution < 1.29 is 9.53 Å². The molecule has 21 heavy (non-hydrogen) atoms. The van der Waals surface area contributed by atoms with Crippen LogP contribution in [0.5, 0.6) is 0 Å². The Morgan fingerprint density at radius 1 is 1.48 bits per heavy atom. The molecule has 0 saturated heterocycles. The molecule has 0 aliphatic rings.